The zero-order valence-corrected chi connectivity index (χ0v) is 23.5. The van der Waals surface area contributed by atoms with Gasteiger partial charge in [-0.15, -0.1) is 0 Å². The maximum atomic E-state index is 13.5. The standard InChI is InChI=1S/C32H31F3N2O5/c1-31(2,3)42-30(39)36-19-26-17-23-16-22(18-27(28(23)41-26)40-25-10-8-24(33)9-11-25)20-4-6-21(7-5-20)29(38)37-14-12-32(34,35)13-15-37/h4-11,16-18H,12-15,19H2,1-3H3,(H,36,39). The lowest BCUT2D eigenvalue weighted by Crippen LogP contribution is -2.42. The van der Waals surface area contributed by atoms with Crippen molar-refractivity contribution in [2.24, 2.45) is 0 Å². The van der Waals surface area contributed by atoms with Crippen LogP contribution in [0.4, 0.5) is 18.0 Å². The van der Waals surface area contributed by atoms with E-state index in [-0.39, 0.29) is 38.4 Å². The molecule has 1 aliphatic rings. The Balaban J connectivity index is 1.41. The monoisotopic (exact) mass is 580 g/mol. The number of amides is 2. The number of furan rings is 1. The van der Waals surface area contributed by atoms with Crippen LogP contribution in [0.25, 0.3) is 22.1 Å². The lowest BCUT2D eigenvalue weighted by molar-refractivity contribution is -0.0494. The third-order valence-corrected chi connectivity index (χ3v) is 6.73. The molecule has 42 heavy (non-hydrogen) atoms. The van der Waals surface area contributed by atoms with E-state index >= 15 is 0 Å². The van der Waals surface area contributed by atoms with E-state index in [4.69, 9.17) is 13.9 Å². The zero-order valence-electron chi connectivity index (χ0n) is 23.5. The van der Waals surface area contributed by atoms with E-state index in [0.29, 0.717) is 33.8 Å². The number of halogens is 3. The fourth-order valence-corrected chi connectivity index (χ4v) is 4.63. The van der Waals surface area contributed by atoms with Crippen LogP contribution in [0.2, 0.25) is 0 Å². The number of rotatable bonds is 6. The van der Waals surface area contributed by atoms with Crippen LogP contribution in [0.15, 0.2) is 71.1 Å². The van der Waals surface area contributed by atoms with Crippen LogP contribution >= 0.6 is 0 Å². The number of benzene rings is 3. The Labute approximate surface area is 241 Å². The zero-order chi connectivity index (χ0) is 30.1. The van der Waals surface area contributed by atoms with Gasteiger partial charge in [0.1, 0.15) is 22.9 Å². The van der Waals surface area contributed by atoms with Crippen molar-refractivity contribution in [2.45, 2.75) is 51.7 Å². The van der Waals surface area contributed by atoms with Crippen molar-refractivity contribution in [3.05, 3.63) is 83.9 Å². The van der Waals surface area contributed by atoms with Gasteiger partial charge < -0.3 is 24.1 Å². The van der Waals surface area contributed by atoms with Gasteiger partial charge in [-0.25, -0.2) is 18.0 Å². The smallest absolute Gasteiger partial charge is 0.408 e. The number of nitrogens with one attached hydrogen (secondary N) is 1. The normalized spacial score (nSPS) is 15.0. The highest BCUT2D eigenvalue weighted by atomic mass is 19.3. The van der Waals surface area contributed by atoms with Crippen molar-refractivity contribution in [3.8, 4) is 22.6 Å². The lowest BCUT2D eigenvalue weighted by atomic mass is 10.0. The predicted molar refractivity (Wildman–Crippen MR) is 151 cm³/mol. The summed E-state index contributed by atoms with van der Waals surface area (Å²) in [7, 11) is 0. The molecule has 2 amide bonds. The topological polar surface area (TPSA) is 81.0 Å². The van der Waals surface area contributed by atoms with Crippen LogP contribution < -0.4 is 10.1 Å². The summed E-state index contributed by atoms with van der Waals surface area (Å²) in [6.45, 7) is 5.41. The molecule has 0 spiro atoms. The Morgan fingerprint density at radius 2 is 1.62 bits per heavy atom. The van der Waals surface area contributed by atoms with Gasteiger partial charge in [0.25, 0.3) is 11.8 Å². The lowest BCUT2D eigenvalue weighted by Gasteiger charge is -2.31. The highest BCUT2D eigenvalue weighted by Gasteiger charge is 2.35. The third kappa shape index (κ3) is 7.05. The third-order valence-electron chi connectivity index (χ3n) is 6.73. The number of nitrogens with zero attached hydrogens (tertiary/aromatic N) is 1. The Hall–Kier alpha value is -4.47. The number of alkyl carbamates (subject to hydrolysis) is 1. The van der Waals surface area contributed by atoms with E-state index < -0.39 is 23.4 Å². The molecule has 3 aromatic carbocycles. The molecule has 0 bridgehead atoms. The van der Waals surface area contributed by atoms with Crippen LogP contribution in [0.5, 0.6) is 11.5 Å². The average Bonchev–Trinajstić information content (AvgIpc) is 3.35. The second-order valence-corrected chi connectivity index (χ2v) is 11.2. The minimum atomic E-state index is -2.73. The van der Waals surface area contributed by atoms with E-state index in [1.54, 1.807) is 57.2 Å². The van der Waals surface area contributed by atoms with Crippen molar-refractivity contribution in [3.63, 3.8) is 0 Å². The number of alkyl halides is 2. The van der Waals surface area contributed by atoms with Crippen LogP contribution in [0.3, 0.4) is 0 Å². The molecule has 4 aromatic rings. The fraction of sp³-hybridized carbons (Fsp3) is 0.312. The molecule has 0 atom stereocenters. The van der Waals surface area contributed by atoms with Gasteiger partial charge in [-0.05, 0) is 86.5 Å². The first-order valence-corrected chi connectivity index (χ1v) is 13.6. The van der Waals surface area contributed by atoms with Crippen molar-refractivity contribution in [1.82, 2.24) is 10.2 Å². The maximum absolute atomic E-state index is 13.5. The SMILES string of the molecule is CC(C)(C)OC(=O)NCc1cc2cc(-c3ccc(C(=O)N4CCC(F)(F)CC4)cc3)cc(Oc3ccc(F)cc3)c2o1. The van der Waals surface area contributed by atoms with E-state index in [1.165, 1.54) is 29.2 Å². The molecule has 7 nitrogen and oxygen atoms in total. The average molecular weight is 581 g/mol. The van der Waals surface area contributed by atoms with Crippen molar-refractivity contribution >= 4 is 23.0 Å². The first kappa shape index (κ1) is 29.0. The van der Waals surface area contributed by atoms with Gasteiger partial charge in [0.15, 0.2) is 11.3 Å². The molecule has 10 heteroatoms. The van der Waals surface area contributed by atoms with Gasteiger partial charge >= 0.3 is 6.09 Å². The summed E-state index contributed by atoms with van der Waals surface area (Å²) in [6, 6.07) is 17.9. The van der Waals surface area contributed by atoms with E-state index in [0.717, 1.165) is 11.1 Å². The molecule has 0 aliphatic carbocycles. The number of likely N-dealkylation sites (tertiary alicyclic amines) is 1. The second-order valence-electron chi connectivity index (χ2n) is 11.2. The summed E-state index contributed by atoms with van der Waals surface area (Å²) in [6.07, 6.45) is -1.26. The number of fused-ring (bicyclic) bond motifs is 1. The Morgan fingerprint density at radius 3 is 2.26 bits per heavy atom. The van der Waals surface area contributed by atoms with Crippen molar-refractivity contribution in [2.75, 3.05) is 13.1 Å². The summed E-state index contributed by atoms with van der Waals surface area (Å²) < 4.78 is 57.9. The number of carbonyl (C=O) groups is 2. The Morgan fingerprint density at radius 1 is 0.952 bits per heavy atom. The summed E-state index contributed by atoms with van der Waals surface area (Å²) in [4.78, 5) is 26.5. The second kappa shape index (κ2) is 11.4. The first-order valence-electron chi connectivity index (χ1n) is 13.6. The molecule has 1 N–H and O–H groups in total. The molecule has 0 unspecified atom stereocenters. The number of hydrogen-bond donors (Lipinski definition) is 1. The van der Waals surface area contributed by atoms with Gasteiger partial charge in [-0.1, -0.05) is 12.1 Å². The molecule has 0 radical (unpaired) electrons. The highest BCUT2D eigenvalue weighted by molar-refractivity contribution is 5.95. The predicted octanol–water partition coefficient (Wildman–Crippen LogP) is 7.93. The summed E-state index contributed by atoms with van der Waals surface area (Å²) in [5.74, 6) is -2.19. The minimum Gasteiger partial charge on any atom is -0.455 e. The molecule has 0 saturated carbocycles. The number of piperidine rings is 1. The van der Waals surface area contributed by atoms with Crippen LogP contribution in [-0.2, 0) is 11.3 Å². The summed E-state index contributed by atoms with van der Waals surface area (Å²) in [5.41, 5.74) is 1.72. The van der Waals surface area contributed by atoms with Crippen LogP contribution in [-0.4, -0.2) is 41.5 Å². The van der Waals surface area contributed by atoms with Crippen molar-refractivity contribution < 1.29 is 36.7 Å². The molecule has 2 heterocycles. The summed E-state index contributed by atoms with van der Waals surface area (Å²) in [5, 5.41) is 3.37. The highest BCUT2D eigenvalue weighted by Crippen LogP contribution is 2.37. The fourth-order valence-electron chi connectivity index (χ4n) is 4.63. The molecular weight excluding hydrogens is 549 g/mol. The van der Waals surface area contributed by atoms with E-state index in [2.05, 4.69) is 5.32 Å². The largest absolute Gasteiger partial charge is 0.455 e. The number of hydrogen-bond acceptors (Lipinski definition) is 5. The van der Waals surface area contributed by atoms with Gasteiger partial charge in [0.05, 0.1) is 6.54 Å². The quantitative estimate of drug-likeness (QED) is 0.251. The Kier molecular flexibility index (Phi) is 7.90. The van der Waals surface area contributed by atoms with E-state index in [1.807, 2.05) is 6.07 Å². The molecule has 5 rings (SSSR count). The molecule has 1 saturated heterocycles. The van der Waals surface area contributed by atoms with Gasteiger partial charge in [-0.2, -0.15) is 0 Å². The Bertz CT molecular complexity index is 1580. The van der Waals surface area contributed by atoms with E-state index in [9.17, 15) is 22.8 Å². The molecule has 1 aromatic heterocycles. The van der Waals surface area contributed by atoms with Gasteiger partial charge in [-0.3, -0.25) is 4.79 Å². The summed E-state index contributed by atoms with van der Waals surface area (Å²) >= 11 is 0. The van der Waals surface area contributed by atoms with Crippen LogP contribution in [0, 0.1) is 5.82 Å². The molecule has 220 valence electrons. The number of ether oxygens (including phenoxy) is 2. The van der Waals surface area contributed by atoms with Gasteiger partial charge in [0.2, 0.25) is 0 Å². The maximum Gasteiger partial charge on any atom is 0.408 e. The van der Waals surface area contributed by atoms with Crippen molar-refractivity contribution in [1.29, 1.82) is 0 Å². The number of carbonyl (C=O) groups excluding carboxylic acids is 2. The van der Waals surface area contributed by atoms with Crippen LogP contribution in [0.1, 0.15) is 49.7 Å². The molecule has 1 fully saturated rings. The first-order chi connectivity index (χ1) is 19.8. The molecule has 1 aliphatic heterocycles. The molecular formula is C32H31F3N2O5. The minimum absolute atomic E-state index is 0.0138. The van der Waals surface area contributed by atoms with Gasteiger partial charge in [0, 0.05) is 36.9 Å².